The summed E-state index contributed by atoms with van der Waals surface area (Å²) in [5, 5.41) is 6.22. The molecule has 3 N–H and O–H groups in total. The van der Waals surface area contributed by atoms with E-state index in [1.54, 1.807) is 29.8 Å². The van der Waals surface area contributed by atoms with Gasteiger partial charge in [0.2, 0.25) is 0 Å². The highest BCUT2D eigenvalue weighted by molar-refractivity contribution is 7.10. The van der Waals surface area contributed by atoms with Gasteiger partial charge in [0.25, 0.3) is 0 Å². The Morgan fingerprint density at radius 1 is 1.50 bits per heavy atom. The molecule has 0 saturated heterocycles. The standard InChI is InChI=1S/C11H14N2OS2/c1-14-9-5-11(16-7-9)10(13-12)4-8-2-3-15-6-8/h2-3,5-7,10,13H,4,12H2,1H3. The van der Waals surface area contributed by atoms with Crippen LogP contribution in [0.3, 0.4) is 0 Å². The molecule has 3 nitrogen and oxygen atoms in total. The number of ether oxygens (including phenoxy) is 1. The van der Waals surface area contributed by atoms with Crippen molar-refractivity contribution in [2.24, 2.45) is 5.84 Å². The summed E-state index contributed by atoms with van der Waals surface area (Å²) < 4.78 is 5.17. The molecule has 1 unspecified atom stereocenters. The van der Waals surface area contributed by atoms with Gasteiger partial charge in [0.15, 0.2) is 0 Å². The van der Waals surface area contributed by atoms with Crippen LogP contribution in [0.2, 0.25) is 0 Å². The van der Waals surface area contributed by atoms with Crippen LogP contribution in [0.5, 0.6) is 5.75 Å². The lowest BCUT2D eigenvalue weighted by atomic mass is 10.1. The lowest BCUT2D eigenvalue weighted by molar-refractivity contribution is 0.415. The van der Waals surface area contributed by atoms with Crippen molar-refractivity contribution in [1.29, 1.82) is 0 Å². The molecule has 2 heterocycles. The highest BCUT2D eigenvalue weighted by Gasteiger charge is 2.13. The van der Waals surface area contributed by atoms with Gasteiger partial charge in [0.1, 0.15) is 5.75 Å². The van der Waals surface area contributed by atoms with Gasteiger partial charge in [0.05, 0.1) is 13.2 Å². The molecule has 0 radical (unpaired) electrons. The second kappa shape index (κ2) is 5.45. The molecule has 0 spiro atoms. The van der Waals surface area contributed by atoms with Crippen LogP contribution < -0.4 is 16.0 Å². The Balaban J connectivity index is 2.10. The molecule has 2 aromatic heterocycles. The number of nitrogens with one attached hydrogen (secondary N) is 1. The van der Waals surface area contributed by atoms with Crippen LogP contribution in [0.4, 0.5) is 0 Å². The van der Waals surface area contributed by atoms with Crippen LogP contribution in [0.15, 0.2) is 28.3 Å². The molecule has 16 heavy (non-hydrogen) atoms. The summed E-state index contributed by atoms with van der Waals surface area (Å²) in [5.74, 6) is 6.49. The monoisotopic (exact) mass is 254 g/mol. The van der Waals surface area contributed by atoms with Gasteiger partial charge in [-0.1, -0.05) is 0 Å². The predicted molar refractivity (Wildman–Crippen MR) is 69.0 cm³/mol. The SMILES string of the molecule is COc1csc(C(Cc2ccsc2)NN)c1. The van der Waals surface area contributed by atoms with E-state index in [1.165, 1.54) is 10.4 Å². The third-order valence-corrected chi connectivity index (χ3v) is 4.15. The summed E-state index contributed by atoms with van der Waals surface area (Å²) in [6.07, 6.45) is 0.906. The molecule has 0 aliphatic heterocycles. The minimum Gasteiger partial charge on any atom is -0.496 e. The van der Waals surface area contributed by atoms with Crippen molar-refractivity contribution in [3.8, 4) is 5.75 Å². The van der Waals surface area contributed by atoms with E-state index in [9.17, 15) is 0 Å². The van der Waals surface area contributed by atoms with Crippen molar-refractivity contribution in [1.82, 2.24) is 5.43 Å². The van der Waals surface area contributed by atoms with Crippen LogP contribution in [0.25, 0.3) is 0 Å². The molecule has 0 saturated carbocycles. The Morgan fingerprint density at radius 2 is 2.38 bits per heavy atom. The van der Waals surface area contributed by atoms with Crippen LogP contribution in [0.1, 0.15) is 16.5 Å². The quantitative estimate of drug-likeness (QED) is 0.637. The summed E-state index contributed by atoms with van der Waals surface area (Å²) in [6.45, 7) is 0. The second-order valence-electron chi connectivity index (χ2n) is 3.44. The van der Waals surface area contributed by atoms with Crippen molar-refractivity contribution in [2.45, 2.75) is 12.5 Å². The minimum absolute atomic E-state index is 0.156. The summed E-state index contributed by atoms with van der Waals surface area (Å²) in [5.41, 5.74) is 4.16. The number of nitrogens with two attached hydrogens (primary N) is 1. The van der Waals surface area contributed by atoms with Crippen LogP contribution >= 0.6 is 22.7 Å². The Hall–Kier alpha value is -0.880. The molecule has 5 heteroatoms. The van der Waals surface area contributed by atoms with Crippen LogP contribution in [0, 0.1) is 0 Å². The number of methoxy groups -OCH3 is 1. The maximum atomic E-state index is 5.59. The van der Waals surface area contributed by atoms with Crippen molar-refractivity contribution < 1.29 is 4.74 Å². The van der Waals surface area contributed by atoms with Gasteiger partial charge in [-0.2, -0.15) is 11.3 Å². The Kier molecular flexibility index (Phi) is 3.95. The Morgan fingerprint density at radius 3 is 2.94 bits per heavy atom. The van der Waals surface area contributed by atoms with Gasteiger partial charge in [0, 0.05) is 10.3 Å². The first-order valence-corrected chi connectivity index (χ1v) is 6.75. The van der Waals surface area contributed by atoms with Crippen molar-refractivity contribution in [2.75, 3.05) is 7.11 Å². The van der Waals surface area contributed by atoms with E-state index in [0.717, 1.165) is 12.2 Å². The molecule has 0 aromatic carbocycles. The van der Waals surface area contributed by atoms with Gasteiger partial charge in [-0.25, -0.2) is 0 Å². The zero-order valence-corrected chi connectivity index (χ0v) is 10.6. The first kappa shape index (κ1) is 11.6. The summed E-state index contributed by atoms with van der Waals surface area (Å²) in [7, 11) is 1.68. The maximum Gasteiger partial charge on any atom is 0.129 e. The zero-order chi connectivity index (χ0) is 11.4. The first-order valence-electron chi connectivity index (χ1n) is 4.93. The van der Waals surface area contributed by atoms with Gasteiger partial charge in [-0.3, -0.25) is 11.3 Å². The van der Waals surface area contributed by atoms with Gasteiger partial charge in [-0.15, -0.1) is 11.3 Å². The molecule has 0 bridgehead atoms. The first-order chi connectivity index (χ1) is 7.83. The molecule has 86 valence electrons. The Bertz CT molecular complexity index is 425. The molecule has 0 fully saturated rings. The van der Waals surface area contributed by atoms with Gasteiger partial charge in [-0.05, 0) is 34.9 Å². The van der Waals surface area contributed by atoms with E-state index >= 15 is 0 Å². The highest BCUT2D eigenvalue weighted by atomic mass is 32.1. The van der Waals surface area contributed by atoms with Crippen molar-refractivity contribution in [3.63, 3.8) is 0 Å². The van der Waals surface area contributed by atoms with E-state index in [-0.39, 0.29) is 6.04 Å². The minimum atomic E-state index is 0.156. The lowest BCUT2D eigenvalue weighted by Crippen LogP contribution is -2.28. The summed E-state index contributed by atoms with van der Waals surface area (Å²) >= 11 is 3.37. The normalized spacial score (nSPS) is 12.6. The van der Waals surface area contributed by atoms with Gasteiger partial charge < -0.3 is 4.74 Å². The highest BCUT2D eigenvalue weighted by Crippen LogP contribution is 2.28. The number of rotatable bonds is 5. The van der Waals surface area contributed by atoms with Crippen molar-refractivity contribution >= 4 is 22.7 Å². The van der Waals surface area contributed by atoms with E-state index in [0.29, 0.717) is 0 Å². The predicted octanol–water partition coefficient (Wildman–Crippen LogP) is 2.57. The fraction of sp³-hybridized carbons (Fsp3) is 0.273. The number of hydrogen-bond acceptors (Lipinski definition) is 5. The third kappa shape index (κ3) is 2.62. The average Bonchev–Trinajstić information content (AvgIpc) is 2.96. The Labute approximate surface area is 103 Å². The molecule has 1 atom stereocenters. The van der Waals surface area contributed by atoms with Gasteiger partial charge >= 0.3 is 0 Å². The van der Waals surface area contributed by atoms with E-state index in [2.05, 4.69) is 22.3 Å². The fourth-order valence-electron chi connectivity index (χ4n) is 1.51. The van der Waals surface area contributed by atoms with E-state index < -0.39 is 0 Å². The topological polar surface area (TPSA) is 47.3 Å². The molecule has 0 aliphatic carbocycles. The molecular weight excluding hydrogens is 240 g/mol. The molecule has 2 aromatic rings. The lowest BCUT2D eigenvalue weighted by Gasteiger charge is -2.12. The summed E-state index contributed by atoms with van der Waals surface area (Å²) in [4.78, 5) is 1.20. The maximum absolute atomic E-state index is 5.59. The molecule has 2 rings (SSSR count). The van der Waals surface area contributed by atoms with E-state index in [4.69, 9.17) is 10.6 Å². The number of hydrogen-bond donors (Lipinski definition) is 2. The van der Waals surface area contributed by atoms with Crippen LogP contribution in [-0.4, -0.2) is 7.11 Å². The zero-order valence-electron chi connectivity index (χ0n) is 8.97. The number of hydrazine groups is 1. The van der Waals surface area contributed by atoms with E-state index in [1.807, 2.05) is 11.4 Å². The smallest absolute Gasteiger partial charge is 0.129 e. The fourth-order valence-corrected chi connectivity index (χ4v) is 3.11. The van der Waals surface area contributed by atoms with Crippen molar-refractivity contribution in [3.05, 3.63) is 38.7 Å². The summed E-state index contributed by atoms with van der Waals surface area (Å²) in [6, 6.07) is 4.31. The largest absolute Gasteiger partial charge is 0.496 e. The second-order valence-corrected chi connectivity index (χ2v) is 5.17. The molecular formula is C11H14N2OS2. The number of thiophene rings is 2. The third-order valence-electron chi connectivity index (χ3n) is 2.40. The van der Waals surface area contributed by atoms with Crippen LogP contribution in [-0.2, 0) is 6.42 Å². The average molecular weight is 254 g/mol. The molecule has 0 amide bonds. The molecule has 0 aliphatic rings.